The van der Waals surface area contributed by atoms with Gasteiger partial charge in [0.1, 0.15) is 29.2 Å². The highest BCUT2D eigenvalue weighted by Crippen LogP contribution is 2.49. The molecule has 0 aliphatic carbocycles. The first-order valence-electron chi connectivity index (χ1n) is 22.8. The van der Waals surface area contributed by atoms with Crippen molar-refractivity contribution in [3.63, 3.8) is 0 Å². The van der Waals surface area contributed by atoms with Crippen LogP contribution in [0.25, 0.3) is 11.2 Å². The Morgan fingerprint density at radius 3 is 2.16 bits per heavy atom. The molecule has 3 N–H and O–H groups in total. The SMILES string of the molecule is CCCCCCCCCCCCCCCC(=O)NCCOCCOCCOCCOCCn1cc(COC2[C@H](n3cnc4c(N)ncnc43)OCC2(CCOC)OP(C)([O-])=S)nn1. The smallest absolute Gasteiger partial charge is 0.220 e. The molecule has 0 aromatic carbocycles. The molecule has 0 radical (unpaired) electrons. The average Bonchev–Trinajstić information content (AvgIpc) is 3.99. The minimum absolute atomic E-state index is 0.0265. The molecule has 1 amide bonds. The van der Waals surface area contributed by atoms with Crippen LogP contribution >= 0.6 is 6.49 Å². The van der Waals surface area contributed by atoms with Gasteiger partial charge in [-0.25, -0.2) is 19.6 Å². The van der Waals surface area contributed by atoms with Gasteiger partial charge in [-0.3, -0.25) is 9.36 Å². The van der Waals surface area contributed by atoms with Crippen LogP contribution in [0, 0.1) is 0 Å². The largest absolute Gasteiger partial charge is 0.801 e. The predicted molar refractivity (Wildman–Crippen MR) is 240 cm³/mol. The molecule has 1 saturated heterocycles. The number of nitrogens with zero attached hydrogens (tertiary/aromatic N) is 7. The Morgan fingerprint density at radius 1 is 0.905 bits per heavy atom. The summed E-state index contributed by atoms with van der Waals surface area (Å²) in [5.74, 6) is 0.321. The number of anilines is 1. The molecule has 4 heterocycles. The molecule has 0 spiro atoms. The van der Waals surface area contributed by atoms with Gasteiger partial charge >= 0.3 is 0 Å². The van der Waals surface area contributed by atoms with Gasteiger partial charge in [0.2, 0.25) is 5.91 Å². The molecule has 0 bridgehead atoms. The normalized spacial score (nSPS) is 18.7. The summed E-state index contributed by atoms with van der Waals surface area (Å²) in [5, 5.41) is 11.4. The lowest BCUT2D eigenvalue weighted by Crippen LogP contribution is -2.47. The van der Waals surface area contributed by atoms with Crippen molar-refractivity contribution in [2.24, 2.45) is 0 Å². The number of hydrogen-bond acceptors (Lipinski definition) is 17. The number of aromatic nitrogens is 7. The highest BCUT2D eigenvalue weighted by Gasteiger charge is 2.53. The number of rotatable bonds is 38. The number of nitrogen functional groups attached to an aromatic ring is 1. The Kier molecular flexibility index (Phi) is 25.6. The van der Waals surface area contributed by atoms with Crippen LogP contribution in [-0.2, 0) is 67.4 Å². The third kappa shape index (κ3) is 20.1. The molecule has 4 rings (SSSR count). The summed E-state index contributed by atoms with van der Waals surface area (Å²) in [6.45, 7) is 5.02. The van der Waals surface area contributed by atoms with E-state index in [4.69, 9.17) is 55.2 Å². The quantitative estimate of drug-likeness (QED) is 0.0577. The molecule has 4 atom stereocenters. The third-order valence-corrected chi connectivity index (χ3v) is 11.6. The van der Waals surface area contributed by atoms with E-state index in [1.54, 1.807) is 28.9 Å². The highest BCUT2D eigenvalue weighted by atomic mass is 32.5. The van der Waals surface area contributed by atoms with E-state index < -0.39 is 24.4 Å². The molecule has 3 aromatic heterocycles. The van der Waals surface area contributed by atoms with E-state index >= 15 is 0 Å². The van der Waals surface area contributed by atoms with Gasteiger partial charge in [-0.2, -0.15) is 0 Å². The summed E-state index contributed by atoms with van der Waals surface area (Å²) >= 11 is 5.21. The molecule has 1 aliphatic heterocycles. The van der Waals surface area contributed by atoms with Crippen LogP contribution in [0.2, 0.25) is 0 Å². The van der Waals surface area contributed by atoms with E-state index in [-0.39, 0.29) is 31.5 Å². The first kappa shape index (κ1) is 52.9. The summed E-state index contributed by atoms with van der Waals surface area (Å²) in [7, 11) is 1.57. The molecule has 1 fully saturated rings. The van der Waals surface area contributed by atoms with Crippen molar-refractivity contribution >= 4 is 41.2 Å². The lowest BCUT2D eigenvalue weighted by molar-refractivity contribution is -0.201. The summed E-state index contributed by atoms with van der Waals surface area (Å²) in [5.41, 5.74) is 6.23. The number of carbonyl (C=O) groups is 1. The zero-order valence-corrected chi connectivity index (χ0v) is 39.5. The van der Waals surface area contributed by atoms with E-state index in [0.717, 1.165) is 12.8 Å². The number of nitrogens with one attached hydrogen (secondary N) is 1. The molecule has 3 unspecified atom stereocenters. The van der Waals surface area contributed by atoms with Crippen molar-refractivity contribution < 1.29 is 47.4 Å². The molecule has 0 saturated carbocycles. The van der Waals surface area contributed by atoms with Gasteiger partial charge in [-0.1, -0.05) is 101 Å². The monoisotopic (exact) mass is 926 g/mol. The molecule has 3 aromatic rings. The first-order valence-corrected chi connectivity index (χ1v) is 25.9. The standard InChI is InChI=1S/C42H74N9O10PS/c1-4-5-6-7-8-9-10-11-12-13-14-15-16-17-36(52)44-19-22-55-24-26-57-28-29-58-27-25-56-23-20-50-30-35(48-49-50)31-59-38-41(51-34-47-37-39(43)45-33-46-40(37)51)60-32-42(38,18-21-54-2)61-62(3,53)63/h30,33-34,38,41H,4-29,31-32H2,1-3H3,(H,44,52)(H,53,63)(H2,43,45,46)/p-1/t38?,41-,42?,62?/m1/s1. The summed E-state index contributed by atoms with van der Waals surface area (Å²) < 4.78 is 50.0. The first-order chi connectivity index (χ1) is 30.7. The van der Waals surface area contributed by atoms with Gasteiger partial charge in [0, 0.05) is 33.1 Å². The molecule has 21 heteroatoms. The number of fused-ring (bicyclic) bond motifs is 1. The van der Waals surface area contributed by atoms with E-state index in [2.05, 4.69) is 37.5 Å². The van der Waals surface area contributed by atoms with Gasteiger partial charge in [-0.15, -0.1) is 5.10 Å². The zero-order chi connectivity index (χ0) is 45.0. The maximum Gasteiger partial charge on any atom is 0.220 e. The van der Waals surface area contributed by atoms with E-state index in [9.17, 15) is 9.69 Å². The highest BCUT2D eigenvalue weighted by molar-refractivity contribution is 8.08. The van der Waals surface area contributed by atoms with Gasteiger partial charge in [0.05, 0.1) is 85.1 Å². The molecule has 63 heavy (non-hydrogen) atoms. The summed E-state index contributed by atoms with van der Waals surface area (Å²) in [6, 6.07) is 0. The van der Waals surface area contributed by atoms with Crippen molar-refractivity contribution in [2.75, 3.05) is 92.1 Å². The minimum atomic E-state index is -3.43. The van der Waals surface area contributed by atoms with Crippen LogP contribution in [0.5, 0.6) is 0 Å². The number of nitrogens with two attached hydrogens (primary N) is 1. The van der Waals surface area contributed by atoms with Crippen molar-refractivity contribution in [1.82, 2.24) is 39.8 Å². The fraction of sp³-hybridized carbons (Fsp3) is 0.810. The second kappa shape index (κ2) is 30.5. The molecule has 1 aliphatic rings. The van der Waals surface area contributed by atoms with Crippen LogP contribution in [0.3, 0.4) is 0 Å². The number of unbranched alkanes of at least 4 members (excludes halogenated alkanes) is 12. The molecule has 19 nitrogen and oxygen atoms in total. The molecular formula is C42H73N9O10PS-. The number of carbonyl (C=O) groups excluding carboxylic acids is 1. The van der Waals surface area contributed by atoms with Crippen LogP contribution in [-0.4, -0.2) is 139 Å². The Labute approximate surface area is 378 Å². The molecular weight excluding hydrogens is 854 g/mol. The Bertz CT molecular complexity index is 1740. The van der Waals surface area contributed by atoms with Crippen LogP contribution < -0.4 is 15.9 Å². The lowest BCUT2D eigenvalue weighted by atomic mass is 9.95. The van der Waals surface area contributed by atoms with Gasteiger partial charge in [0.25, 0.3) is 0 Å². The van der Waals surface area contributed by atoms with Gasteiger partial charge in [0.15, 0.2) is 17.7 Å². The second-order valence-electron chi connectivity index (χ2n) is 16.0. The predicted octanol–water partition coefficient (Wildman–Crippen LogP) is 4.87. The van der Waals surface area contributed by atoms with Crippen LogP contribution in [0.15, 0.2) is 18.9 Å². The van der Waals surface area contributed by atoms with Crippen LogP contribution in [0.4, 0.5) is 5.82 Å². The summed E-state index contributed by atoms with van der Waals surface area (Å²) in [4.78, 5) is 37.7. The minimum Gasteiger partial charge on any atom is -0.801 e. The topological polar surface area (TPSA) is 226 Å². The number of hydrogen-bond donors (Lipinski definition) is 2. The maximum atomic E-state index is 12.9. The van der Waals surface area contributed by atoms with Gasteiger partial charge < -0.3 is 53.6 Å². The average molecular weight is 927 g/mol. The number of imidazole rings is 1. The van der Waals surface area contributed by atoms with E-state index in [0.29, 0.717) is 95.6 Å². The molecule has 358 valence electrons. The number of amides is 1. The number of methoxy groups -OCH3 is 1. The van der Waals surface area contributed by atoms with Crippen molar-refractivity contribution in [1.29, 1.82) is 0 Å². The van der Waals surface area contributed by atoms with Crippen molar-refractivity contribution in [2.45, 2.75) is 134 Å². The lowest BCUT2D eigenvalue weighted by Gasteiger charge is -2.40. The van der Waals surface area contributed by atoms with Gasteiger partial charge in [-0.05, 0) is 19.6 Å². The van der Waals surface area contributed by atoms with Crippen LogP contribution in [0.1, 0.15) is 115 Å². The fourth-order valence-corrected chi connectivity index (χ4v) is 8.73. The second-order valence-corrected chi connectivity index (χ2v) is 19.7. The van der Waals surface area contributed by atoms with E-state index in [1.807, 2.05) is 0 Å². The van der Waals surface area contributed by atoms with Crippen molar-refractivity contribution in [3.05, 3.63) is 24.5 Å². The number of ether oxygens (including phenoxy) is 7. The fourth-order valence-electron chi connectivity index (χ4n) is 7.38. The Balaban J connectivity index is 0.999. The third-order valence-electron chi connectivity index (χ3n) is 10.7. The maximum absolute atomic E-state index is 12.9. The zero-order valence-electron chi connectivity index (χ0n) is 37.8. The van der Waals surface area contributed by atoms with Crippen molar-refractivity contribution in [3.8, 4) is 0 Å². The van der Waals surface area contributed by atoms with E-state index in [1.165, 1.54) is 83.6 Å². The Hall–Kier alpha value is -2.75. The Morgan fingerprint density at radius 2 is 1.52 bits per heavy atom. The summed E-state index contributed by atoms with van der Waals surface area (Å²) in [6.07, 6.45) is 20.8.